The second-order valence-corrected chi connectivity index (χ2v) is 6.19. The standard InChI is InChI=1S/C21H18N4O3/c1-22-17-16(12-3-5-14(6-4-12)21(26)27)11-23-20-18(17)24-19(25-20)13-7-9-15(28-2)10-8-13/h3-11H,1-2H3,(H,26,27)(H2,22,23,24,25). The average Bonchev–Trinajstić information content (AvgIpc) is 3.17. The molecule has 140 valence electrons. The van der Waals surface area contributed by atoms with E-state index in [4.69, 9.17) is 9.84 Å². The molecule has 28 heavy (non-hydrogen) atoms. The highest BCUT2D eigenvalue weighted by Gasteiger charge is 2.15. The summed E-state index contributed by atoms with van der Waals surface area (Å²) in [6, 6.07) is 14.3. The van der Waals surface area contributed by atoms with Crippen LogP contribution in [0.4, 0.5) is 5.69 Å². The summed E-state index contributed by atoms with van der Waals surface area (Å²) < 4.78 is 5.20. The summed E-state index contributed by atoms with van der Waals surface area (Å²) in [5.41, 5.74) is 5.12. The van der Waals surface area contributed by atoms with Gasteiger partial charge in [0.1, 0.15) is 17.1 Å². The Morgan fingerprint density at radius 2 is 1.75 bits per heavy atom. The molecule has 0 saturated heterocycles. The Morgan fingerprint density at radius 1 is 1.07 bits per heavy atom. The van der Waals surface area contributed by atoms with Gasteiger partial charge < -0.3 is 20.1 Å². The van der Waals surface area contributed by atoms with Crippen molar-refractivity contribution in [3.8, 4) is 28.3 Å². The van der Waals surface area contributed by atoms with Gasteiger partial charge in [0.25, 0.3) is 0 Å². The zero-order valence-corrected chi connectivity index (χ0v) is 15.4. The van der Waals surface area contributed by atoms with Crippen molar-refractivity contribution in [1.82, 2.24) is 15.0 Å². The van der Waals surface area contributed by atoms with Crippen molar-refractivity contribution in [2.24, 2.45) is 0 Å². The molecule has 0 saturated carbocycles. The van der Waals surface area contributed by atoms with Crippen LogP contribution in [0.5, 0.6) is 5.75 Å². The van der Waals surface area contributed by atoms with Crippen LogP contribution in [-0.4, -0.2) is 40.2 Å². The van der Waals surface area contributed by atoms with Crippen molar-refractivity contribution < 1.29 is 14.6 Å². The monoisotopic (exact) mass is 374 g/mol. The molecule has 2 heterocycles. The minimum Gasteiger partial charge on any atom is -0.497 e. The van der Waals surface area contributed by atoms with Gasteiger partial charge >= 0.3 is 5.97 Å². The lowest BCUT2D eigenvalue weighted by Gasteiger charge is -2.10. The topological polar surface area (TPSA) is 100 Å². The molecular weight excluding hydrogens is 356 g/mol. The van der Waals surface area contributed by atoms with E-state index in [0.717, 1.165) is 33.6 Å². The van der Waals surface area contributed by atoms with Crippen LogP contribution in [-0.2, 0) is 0 Å². The fourth-order valence-corrected chi connectivity index (χ4v) is 3.11. The Hall–Kier alpha value is -3.87. The van der Waals surface area contributed by atoms with Crippen molar-refractivity contribution in [1.29, 1.82) is 0 Å². The maximum atomic E-state index is 11.1. The molecule has 7 nitrogen and oxygen atoms in total. The lowest BCUT2D eigenvalue weighted by molar-refractivity contribution is 0.0697. The van der Waals surface area contributed by atoms with Crippen LogP contribution in [0.3, 0.4) is 0 Å². The van der Waals surface area contributed by atoms with Gasteiger partial charge in [-0.15, -0.1) is 0 Å². The molecule has 0 radical (unpaired) electrons. The first-order chi connectivity index (χ1) is 13.6. The Kier molecular flexibility index (Phi) is 4.41. The van der Waals surface area contributed by atoms with Gasteiger partial charge in [-0.1, -0.05) is 12.1 Å². The number of pyridine rings is 1. The van der Waals surface area contributed by atoms with Crippen LogP contribution in [0.15, 0.2) is 54.7 Å². The molecule has 0 fully saturated rings. The Balaban J connectivity index is 1.80. The first-order valence-electron chi connectivity index (χ1n) is 8.65. The number of imidazole rings is 1. The van der Waals surface area contributed by atoms with Gasteiger partial charge in [-0.3, -0.25) is 0 Å². The van der Waals surface area contributed by atoms with E-state index in [9.17, 15) is 4.79 Å². The number of fused-ring (bicyclic) bond motifs is 1. The van der Waals surface area contributed by atoms with Gasteiger partial charge in [-0.2, -0.15) is 0 Å². The summed E-state index contributed by atoms with van der Waals surface area (Å²) in [6.07, 6.45) is 1.74. The second kappa shape index (κ2) is 7.03. The minimum atomic E-state index is -0.952. The summed E-state index contributed by atoms with van der Waals surface area (Å²) in [6.45, 7) is 0. The first-order valence-corrected chi connectivity index (χ1v) is 8.65. The number of aromatic amines is 1. The number of ether oxygens (including phenoxy) is 1. The van der Waals surface area contributed by atoms with Gasteiger partial charge in [-0.25, -0.2) is 14.8 Å². The molecule has 0 aliphatic carbocycles. The molecular formula is C21H18N4O3. The number of nitrogens with one attached hydrogen (secondary N) is 2. The van der Waals surface area contributed by atoms with Crippen LogP contribution in [0, 0.1) is 0 Å². The highest BCUT2D eigenvalue weighted by molar-refractivity contribution is 5.97. The molecule has 3 N–H and O–H groups in total. The number of carboxylic acids is 1. The maximum absolute atomic E-state index is 11.1. The molecule has 0 aliphatic heterocycles. The van der Waals surface area contributed by atoms with Crippen molar-refractivity contribution in [3.63, 3.8) is 0 Å². The summed E-state index contributed by atoms with van der Waals surface area (Å²) in [7, 11) is 3.46. The van der Waals surface area contributed by atoms with Crippen LogP contribution < -0.4 is 10.1 Å². The van der Waals surface area contributed by atoms with E-state index in [-0.39, 0.29) is 5.56 Å². The Morgan fingerprint density at radius 3 is 2.36 bits per heavy atom. The largest absolute Gasteiger partial charge is 0.497 e. The number of hydrogen-bond acceptors (Lipinski definition) is 5. The number of carboxylic acid groups (broad SMARTS) is 1. The van der Waals surface area contributed by atoms with Gasteiger partial charge in [0, 0.05) is 24.4 Å². The molecule has 0 aliphatic rings. The third-order valence-electron chi connectivity index (χ3n) is 4.58. The number of hydrogen-bond donors (Lipinski definition) is 3. The number of nitrogens with zero attached hydrogens (tertiary/aromatic N) is 2. The summed E-state index contributed by atoms with van der Waals surface area (Å²) in [5, 5.41) is 12.3. The van der Waals surface area contributed by atoms with Crippen LogP contribution in [0.1, 0.15) is 10.4 Å². The number of rotatable bonds is 5. The lowest BCUT2D eigenvalue weighted by Crippen LogP contribution is -1.97. The highest BCUT2D eigenvalue weighted by Crippen LogP contribution is 2.34. The number of aromatic nitrogens is 3. The fraction of sp³-hybridized carbons (Fsp3) is 0.0952. The molecule has 7 heteroatoms. The van der Waals surface area contributed by atoms with Crippen molar-refractivity contribution in [3.05, 3.63) is 60.3 Å². The smallest absolute Gasteiger partial charge is 0.335 e. The third-order valence-corrected chi connectivity index (χ3v) is 4.58. The first kappa shape index (κ1) is 17.5. The quantitative estimate of drug-likeness (QED) is 0.487. The molecule has 4 rings (SSSR count). The summed E-state index contributed by atoms with van der Waals surface area (Å²) in [4.78, 5) is 23.5. The van der Waals surface area contributed by atoms with Crippen molar-refractivity contribution in [2.75, 3.05) is 19.5 Å². The number of H-pyrrole nitrogens is 1. The van der Waals surface area contributed by atoms with E-state index >= 15 is 0 Å². The normalized spacial score (nSPS) is 10.8. The number of aromatic carboxylic acids is 1. The van der Waals surface area contributed by atoms with Crippen LogP contribution >= 0.6 is 0 Å². The highest BCUT2D eigenvalue weighted by atomic mass is 16.5. The van der Waals surface area contributed by atoms with E-state index < -0.39 is 5.97 Å². The van der Waals surface area contributed by atoms with Crippen molar-refractivity contribution >= 4 is 22.8 Å². The zero-order valence-electron chi connectivity index (χ0n) is 15.4. The van der Waals surface area contributed by atoms with Gasteiger partial charge in [0.2, 0.25) is 0 Å². The third kappa shape index (κ3) is 3.03. The fourth-order valence-electron chi connectivity index (χ4n) is 3.11. The lowest BCUT2D eigenvalue weighted by atomic mass is 10.0. The van der Waals surface area contributed by atoms with E-state index in [1.165, 1.54) is 0 Å². The molecule has 0 bridgehead atoms. The summed E-state index contributed by atoms with van der Waals surface area (Å²) in [5.74, 6) is 0.535. The number of carbonyl (C=O) groups is 1. The second-order valence-electron chi connectivity index (χ2n) is 6.19. The Labute approximate surface area is 161 Å². The van der Waals surface area contributed by atoms with Crippen LogP contribution in [0.2, 0.25) is 0 Å². The van der Waals surface area contributed by atoms with Gasteiger partial charge in [-0.05, 0) is 42.0 Å². The number of methoxy groups -OCH3 is 1. The SMILES string of the molecule is CNc1c(-c2ccc(C(=O)O)cc2)cnc2nc(-c3ccc(OC)cc3)[nH]c12. The molecule has 0 atom stereocenters. The molecule has 0 spiro atoms. The average molecular weight is 374 g/mol. The van der Waals surface area contributed by atoms with E-state index in [1.807, 2.05) is 31.3 Å². The minimum absolute atomic E-state index is 0.243. The van der Waals surface area contributed by atoms with Gasteiger partial charge in [0.15, 0.2) is 5.65 Å². The van der Waals surface area contributed by atoms with E-state index in [0.29, 0.717) is 11.5 Å². The number of benzene rings is 2. The van der Waals surface area contributed by atoms with E-state index in [2.05, 4.69) is 20.3 Å². The summed E-state index contributed by atoms with van der Waals surface area (Å²) >= 11 is 0. The molecule has 0 amide bonds. The molecule has 0 unspecified atom stereocenters. The molecule has 2 aromatic carbocycles. The predicted octanol–water partition coefficient (Wildman–Crippen LogP) is 4.04. The molecule has 4 aromatic rings. The molecule has 2 aromatic heterocycles. The Bertz CT molecular complexity index is 1150. The van der Waals surface area contributed by atoms with Gasteiger partial charge in [0.05, 0.1) is 18.4 Å². The number of anilines is 1. The van der Waals surface area contributed by atoms with Crippen LogP contribution in [0.25, 0.3) is 33.7 Å². The van der Waals surface area contributed by atoms with Crippen molar-refractivity contribution in [2.45, 2.75) is 0 Å². The zero-order chi connectivity index (χ0) is 19.7. The maximum Gasteiger partial charge on any atom is 0.335 e. The van der Waals surface area contributed by atoms with E-state index in [1.54, 1.807) is 37.6 Å². The predicted molar refractivity (Wildman–Crippen MR) is 108 cm³/mol.